The molecule has 5 nitrogen and oxygen atoms in total. The lowest BCUT2D eigenvalue weighted by atomic mass is 10.2. The lowest BCUT2D eigenvalue weighted by Gasteiger charge is -2.09. The molecule has 0 aliphatic rings. The van der Waals surface area contributed by atoms with Crippen LogP contribution < -0.4 is 10.0 Å². The molecule has 106 valence electrons. The number of hydrogen-bond acceptors (Lipinski definition) is 3. The summed E-state index contributed by atoms with van der Waals surface area (Å²) in [7, 11) is -3.40. The molecule has 0 heterocycles. The van der Waals surface area contributed by atoms with E-state index >= 15 is 0 Å². The van der Waals surface area contributed by atoms with Gasteiger partial charge in [0.1, 0.15) is 0 Å². The third-order valence-electron chi connectivity index (χ3n) is 2.30. The lowest BCUT2D eigenvalue weighted by Crippen LogP contribution is -2.18. The van der Waals surface area contributed by atoms with E-state index in [4.69, 9.17) is 11.6 Å². The van der Waals surface area contributed by atoms with Crippen molar-refractivity contribution < 1.29 is 13.2 Å². The molecule has 0 bridgehead atoms. The monoisotopic (exact) mass is 304 g/mol. The van der Waals surface area contributed by atoms with Crippen LogP contribution in [0.25, 0.3) is 0 Å². The molecule has 0 aromatic heterocycles. The van der Waals surface area contributed by atoms with Crippen LogP contribution in [0.1, 0.15) is 13.8 Å². The fraction of sp³-hybridized carbons (Fsp3) is 0.417. The maximum absolute atomic E-state index is 11.5. The number of rotatable bonds is 6. The van der Waals surface area contributed by atoms with Gasteiger partial charge < -0.3 is 5.32 Å². The number of amides is 1. The normalized spacial score (nSPS) is 11.4. The first-order valence-corrected chi connectivity index (χ1v) is 8.00. The topological polar surface area (TPSA) is 75.3 Å². The van der Waals surface area contributed by atoms with Gasteiger partial charge in [-0.3, -0.25) is 9.52 Å². The first-order valence-electron chi connectivity index (χ1n) is 5.81. The number of carbonyl (C=O) groups excluding carboxylic acids is 1. The Morgan fingerprint density at radius 1 is 1.21 bits per heavy atom. The summed E-state index contributed by atoms with van der Waals surface area (Å²) in [6, 6.07) is 6.45. The van der Waals surface area contributed by atoms with Crippen LogP contribution >= 0.6 is 11.6 Å². The summed E-state index contributed by atoms with van der Waals surface area (Å²) in [5, 5.41) is 2.72. The Kier molecular flexibility index (Phi) is 5.62. The molecule has 0 radical (unpaired) electrons. The van der Waals surface area contributed by atoms with E-state index < -0.39 is 10.0 Å². The Morgan fingerprint density at radius 2 is 1.74 bits per heavy atom. The molecular formula is C12H17ClN2O3S. The number of alkyl halides is 1. The van der Waals surface area contributed by atoms with Crippen LogP contribution in [0, 0.1) is 5.92 Å². The number of anilines is 2. The van der Waals surface area contributed by atoms with E-state index in [1.165, 1.54) is 0 Å². The molecule has 0 saturated heterocycles. The highest BCUT2D eigenvalue weighted by Crippen LogP contribution is 2.15. The standard InChI is InChI=1S/C12H17ClN2O3S/c1-9(2)12(16)14-10-3-5-11(6-4-10)15-19(17,18)8-7-13/h3-6,9,15H,7-8H2,1-2H3,(H,14,16). The van der Waals surface area contributed by atoms with Gasteiger partial charge in [-0.25, -0.2) is 8.42 Å². The van der Waals surface area contributed by atoms with Crippen LogP contribution in [0.2, 0.25) is 0 Å². The zero-order chi connectivity index (χ0) is 14.5. The Labute approximate surface area is 118 Å². The lowest BCUT2D eigenvalue weighted by molar-refractivity contribution is -0.118. The molecule has 0 atom stereocenters. The van der Waals surface area contributed by atoms with E-state index in [0.29, 0.717) is 11.4 Å². The minimum atomic E-state index is -3.40. The van der Waals surface area contributed by atoms with Gasteiger partial charge in [0.25, 0.3) is 0 Å². The van der Waals surface area contributed by atoms with Crippen LogP contribution in [0.4, 0.5) is 11.4 Å². The predicted molar refractivity (Wildman–Crippen MR) is 78.0 cm³/mol. The molecule has 0 saturated carbocycles. The molecular weight excluding hydrogens is 288 g/mol. The molecule has 19 heavy (non-hydrogen) atoms. The van der Waals surface area contributed by atoms with Gasteiger partial charge >= 0.3 is 0 Å². The van der Waals surface area contributed by atoms with Crippen LogP contribution in [0.3, 0.4) is 0 Å². The molecule has 1 aromatic rings. The van der Waals surface area contributed by atoms with E-state index in [1.807, 2.05) is 0 Å². The smallest absolute Gasteiger partial charge is 0.233 e. The second-order valence-corrected chi connectivity index (χ2v) is 6.55. The Morgan fingerprint density at radius 3 is 2.21 bits per heavy atom. The SMILES string of the molecule is CC(C)C(=O)Nc1ccc(NS(=O)(=O)CCCl)cc1. The molecule has 7 heteroatoms. The summed E-state index contributed by atoms with van der Waals surface area (Å²) in [5.74, 6) is -0.296. The number of sulfonamides is 1. The molecule has 0 aliphatic heterocycles. The quantitative estimate of drug-likeness (QED) is 0.792. The maximum Gasteiger partial charge on any atom is 0.233 e. The molecule has 1 rings (SSSR count). The van der Waals surface area contributed by atoms with Gasteiger partial charge in [-0.05, 0) is 24.3 Å². The summed E-state index contributed by atoms with van der Waals surface area (Å²) in [4.78, 5) is 11.5. The van der Waals surface area contributed by atoms with Gasteiger partial charge in [0, 0.05) is 23.2 Å². The van der Waals surface area contributed by atoms with Crippen molar-refractivity contribution in [3.63, 3.8) is 0 Å². The second kappa shape index (κ2) is 6.77. The van der Waals surface area contributed by atoms with Crippen molar-refractivity contribution in [1.29, 1.82) is 0 Å². The summed E-state index contributed by atoms with van der Waals surface area (Å²) in [6.45, 7) is 3.59. The fourth-order valence-corrected chi connectivity index (χ4v) is 2.65. The van der Waals surface area contributed by atoms with Gasteiger partial charge in [0.15, 0.2) is 0 Å². The molecule has 0 unspecified atom stereocenters. The van der Waals surface area contributed by atoms with Crippen LogP contribution in [-0.2, 0) is 14.8 Å². The Hall–Kier alpha value is -1.27. The van der Waals surface area contributed by atoms with Gasteiger partial charge in [0.2, 0.25) is 15.9 Å². The van der Waals surface area contributed by atoms with Crippen molar-refractivity contribution in [2.45, 2.75) is 13.8 Å². The number of nitrogens with one attached hydrogen (secondary N) is 2. The van der Waals surface area contributed by atoms with Crippen molar-refractivity contribution in [2.24, 2.45) is 5.92 Å². The van der Waals surface area contributed by atoms with Crippen LogP contribution in [-0.4, -0.2) is 26.0 Å². The van der Waals surface area contributed by atoms with Crippen molar-refractivity contribution in [1.82, 2.24) is 0 Å². The average Bonchev–Trinajstić information content (AvgIpc) is 2.31. The summed E-state index contributed by atoms with van der Waals surface area (Å²) < 4.78 is 25.4. The maximum atomic E-state index is 11.5. The Bertz CT molecular complexity index is 526. The van der Waals surface area contributed by atoms with Crippen molar-refractivity contribution in [3.05, 3.63) is 24.3 Å². The van der Waals surface area contributed by atoms with E-state index in [-0.39, 0.29) is 23.5 Å². The summed E-state index contributed by atoms with van der Waals surface area (Å²) in [6.07, 6.45) is 0. The van der Waals surface area contributed by atoms with E-state index in [0.717, 1.165) is 0 Å². The van der Waals surface area contributed by atoms with Gasteiger partial charge in [-0.1, -0.05) is 13.8 Å². The average molecular weight is 305 g/mol. The van der Waals surface area contributed by atoms with E-state index in [9.17, 15) is 13.2 Å². The summed E-state index contributed by atoms with van der Waals surface area (Å²) >= 11 is 5.40. The molecule has 1 amide bonds. The molecule has 0 fully saturated rings. The second-order valence-electron chi connectivity index (χ2n) is 4.33. The highest BCUT2D eigenvalue weighted by atomic mass is 35.5. The number of halogens is 1. The van der Waals surface area contributed by atoms with Gasteiger partial charge in [-0.2, -0.15) is 0 Å². The van der Waals surface area contributed by atoms with Crippen LogP contribution in [0.5, 0.6) is 0 Å². The highest BCUT2D eigenvalue weighted by Gasteiger charge is 2.10. The summed E-state index contributed by atoms with van der Waals surface area (Å²) in [5.41, 5.74) is 1.06. The first kappa shape index (κ1) is 15.8. The van der Waals surface area contributed by atoms with Gasteiger partial charge in [-0.15, -0.1) is 11.6 Å². The molecule has 2 N–H and O–H groups in total. The van der Waals surface area contributed by atoms with Crippen LogP contribution in [0.15, 0.2) is 24.3 Å². The van der Waals surface area contributed by atoms with Crippen molar-refractivity contribution >= 4 is 38.9 Å². The van der Waals surface area contributed by atoms with Crippen molar-refractivity contribution in [3.8, 4) is 0 Å². The predicted octanol–water partition coefficient (Wildman–Crippen LogP) is 2.26. The largest absolute Gasteiger partial charge is 0.326 e. The molecule has 0 spiro atoms. The third-order valence-corrected chi connectivity index (χ3v) is 4.00. The number of carbonyl (C=O) groups is 1. The number of hydrogen-bond donors (Lipinski definition) is 2. The third kappa shape index (κ3) is 5.48. The number of benzene rings is 1. The molecule has 0 aliphatic carbocycles. The highest BCUT2D eigenvalue weighted by molar-refractivity contribution is 7.92. The zero-order valence-electron chi connectivity index (χ0n) is 10.8. The van der Waals surface area contributed by atoms with E-state index in [2.05, 4.69) is 10.0 Å². The zero-order valence-corrected chi connectivity index (χ0v) is 12.4. The first-order chi connectivity index (χ1) is 8.84. The minimum Gasteiger partial charge on any atom is -0.326 e. The Balaban J connectivity index is 2.69. The van der Waals surface area contributed by atoms with Crippen molar-refractivity contribution in [2.75, 3.05) is 21.7 Å². The van der Waals surface area contributed by atoms with E-state index in [1.54, 1.807) is 38.1 Å². The van der Waals surface area contributed by atoms with Gasteiger partial charge in [0.05, 0.1) is 5.75 Å². The minimum absolute atomic E-state index is 0.0395. The fourth-order valence-electron chi connectivity index (χ4n) is 1.24. The molecule has 1 aromatic carbocycles.